The largest absolute Gasteiger partial charge is 0.378 e. The van der Waals surface area contributed by atoms with E-state index in [0.29, 0.717) is 6.10 Å². The predicted molar refractivity (Wildman–Crippen MR) is 80.7 cm³/mol. The molecule has 1 fully saturated rings. The molecule has 0 aliphatic carbocycles. The first-order chi connectivity index (χ1) is 9.29. The Balaban J connectivity index is 1.91. The van der Waals surface area contributed by atoms with Crippen molar-refractivity contribution in [1.29, 1.82) is 0 Å². The Bertz CT molecular complexity index is 358. The van der Waals surface area contributed by atoms with Crippen molar-refractivity contribution in [3.63, 3.8) is 0 Å². The fraction of sp³-hybridized carbons (Fsp3) is 0.625. The molecular formula is C16H26N2O. The molecule has 1 unspecified atom stereocenters. The highest BCUT2D eigenvalue weighted by atomic mass is 16.5. The van der Waals surface area contributed by atoms with Gasteiger partial charge in [-0.05, 0) is 51.3 Å². The lowest BCUT2D eigenvalue weighted by atomic mass is 10.1. The lowest BCUT2D eigenvalue weighted by molar-refractivity contribution is 0.105. The highest BCUT2D eigenvalue weighted by Gasteiger charge is 2.16. The molecule has 19 heavy (non-hydrogen) atoms. The Morgan fingerprint density at radius 2 is 2.05 bits per heavy atom. The topological polar surface area (TPSA) is 38.5 Å². The van der Waals surface area contributed by atoms with Crippen LogP contribution in [0.4, 0.5) is 5.69 Å². The summed E-state index contributed by atoms with van der Waals surface area (Å²) in [5, 5.41) is 0. The van der Waals surface area contributed by atoms with E-state index >= 15 is 0 Å². The molecule has 1 aliphatic rings. The van der Waals surface area contributed by atoms with Crippen LogP contribution in [0.5, 0.6) is 0 Å². The Kier molecular flexibility index (Phi) is 5.67. The molecule has 1 aromatic rings. The van der Waals surface area contributed by atoms with E-state index in [1.54, 1.807) is 0 Å². The van der Waals surface area contributed by atoms with Gasteiger partial charge in [-0.2, -0.15) is 0 Å². The molecule has 3 nitrogen and oxygen atoms in total. The van der Waals surface area contributed by atoms with Gasteiger partial charge in [-0.15, -0.1) is 0 Å². The van der Waals surface area contributed by atoms with E-state index in [-0.39, 0.29) is 0 Å². The van der Waals surface area contributed by atoms with Crippen LogP contribution in [-0.2, 0) is 4.74 Å². The van der Waals surface area contributed by atoms with Crippen molar-refractivity contribution in [1.82, 2.24) is 0 Å². The first kappa shape index (κ1) is 14.4. The van der Waals surface area contributed by atoms with E-state index in [2.05, 4.69) is 36.1 Å². The first-order valence-corrected chi connectivity index (χ1v) is 7.43. The molecule has 3 heteroatoms. The second-order valence-electron chi connectivity index (χ2n) is 5.39. The van der Waals surface area contributed by atoms with Crippen LogP contribution in [0.1, 0.15) is 31.2 Å². The molecule has 1 saturated heterocycles. The summed E-state index contributed by atoms with van der Waals surface area (Å²) in [6.45, 7) is 5.92. The van der Waals surface area contributed by atoms with Gasteiger partial charge in [0.2, 0.25) is 0 Å². The molecule has 1 aliphatic heterocycles. The maximum Gasteiger partial charge on any atom is 0.0592 e. The normalized spacial score (nSPS) is 18.7. The minimum atomic E-state index is 0.464. The van der Waals surface area contributed by atoms with Gasteiger partial charge < -0.3 is 15.4 Å². The number of ether oxygens (including phenoxy) is 1. The Labute approximate surface area is 116 Å². The van der Waals surface area contributed by atoms with E-state index in [1.165, 1.54) is 24.1 Å². The SMILES string of the molecule is Cc1ccc(N(CCCN)CCC2CCCO2)cc1. The molecule has 0 aromatic heterocycles. The van der Waals surface area contributed by atoms with Gasteiger partial charge >= 0.3 is 0 Å². The van der Waals surface area contributed by atoms with Crippen LogP contribution in [0.25, 0.3) is 0 Å². The van der Waals surface area contributed by atoms with Gasteiger partial charge in [0.25, 0.3) is 0 Å². The van der Waals surface area contributed by atoms with Crippen molar-refractivity contribution in [3.8, 4) is 0 Å². The minimum absolute atomic E-state index is 0.464. The van der Waals surface area contributed by atoms with Crippen LogP contribution >= 0.6 is 0 Å². The van der Waals surface area contributed by atoms with Crippen LogP contribution in [0.3, 0.4) is 0 Å². The van der Waals surface area contributed by atoms with Crippen LogP contribution in [0.15, 0.2) is 24.3 Å². The zero-order valence-corrected chi connectivity index (χ0v) is 12.0. The maximum absolute atomic E-state index is 5.71. The minimum Gasteiger partial charge on any atom is -0.378 e. The third-order valence-corrected chi connectivity index (χ3v) is 3.78. The summed E-state index contributed by atoms with van der Waals surface area (Å²) >= 11 is 0. The van der Waals surface area contributed by atoms with Crippen molar-refractivity contribution >= 4 is 5.69 Å². The Morgan fingerprint density at radius 1 is 1.26 bits per heavy atom. The Morgan fingerprint density at radius 3 is 2.68 bits per heavy atom. The second-order valence-corrected chi connectivity index (χ2v) is 5.39. The highest BCUT2D eigenvalue weighted by Crippen LogP contribution is 2.20. The zero-order valence-electron chi connectivity index (χ0n) is 12.0. The smallest absolute Gasteiger partial charge is 0.0592 e. The number of aryl methyl sites for hydroxylation is 1. The quantitative estimate of drug-likeness (QED) is 0.821. The molecule has 0 spiro atoms. The number of anilines is 1. The van der Waals surface area contributed by atoms with Gasteiger partial charge in [0, 0.05) is 25.4 Å². The second kappa shape index (κ2) is 7.51. The third-order valence-electron chi connectivity index (χ3n) is 3.78. The van der Waals surface area contributed by atoms with Crippen LogP contribution in [-0.4, -0.2) is 32.3 Å². The lowest BCUT2D eigenvalue weighted by Gasteiger charge is -2.26. The summed E-state index contributed by atoms with van der Waals surface area (Å²) in [6, 6.07) is 8.77. The van der Waals surface area contributed by atoms with Gasteiger partial charge in [0.15, 0.2) is 0 Å². The average Bonchev–Trinajstić information content (AvgIpc) is 2.93. The summed E-state index contributed by atoms with van der Waals surface area (Å²) in [5.74, 6) is 0. The average molecular weight is 262 g/mol. The molecule has 1 atom stereocenters. The van der Waals surface area contributed by atoms with E-state index in [9.17, 15) is 0 Å². The maximum atomic E-state index is 5.71. The lowest BCUT2D eigenvalue weighted by Crippen LogP contribution is -2.29. The van der Waals surface area contributed by atoms with Gasteiger partial charge in [-0.3, -0.25) is 0 Å². The van der Waals surface area contributed by atoms with Crippen LogP contribution in [0.2, 0.25) is 0 Å². The summed E-state index contributed by atoms with van der Waals surface area (Å²) in [4.78, 5) is 2.44. The summed E-state index contributed by atoms with van der Waals surface area (Å²) < 4.78 is 5.71. The zero-order chi connectivity index (χ0) is 13.5. The monoisotopic (exact) mass is 262 g/mol. The molecule has 1 aromatic carbocycles. The first-order valence-electron chi connectivity index (χ1n) is 7.43. The fourth-order valence-corrected chi connectivity index (χ4v) is 2.58. The number of nitrogens with zero attached hydrogens (tertiary/aromatic N) is 1. The van der Waals surface area contributed by atoms with Crippen molar-refractivity contribution in [2.45, 2.75) is 38.7 Å². The van der Waals surface area contributed by atoms with E-state index < -0.39 is 0 Å². The molecule has 2 rings (SSSR count). The molecular weight excluding hydrogens is 236 g/mol. The number of benzene rings is 1. The number of rotatable bonds is 7. The highest BCUT2D eigenvalue weighted by molar-refractivity contribution is 5.47. The van der Waals surface area contributed by atoms with Gasteiger partial charge in [-0.25, -0.2) is 0 Å². The summed E-state index contributed by atoms with van der Waals surface area (Å²) in [7, 11) is 0. The standard InChI is InChI=1S/C16H26N2O/c1-14-5-7-15(8-6-14)18(11-3-10-17)12-9-16-4-2-13-19-16/h5-8,16H,2-4,9-13,17H2,1H3. The number of nitrogens with two attached hydrogens (primary N) is 1. The van der Waals surface area contributed by atoms with E-state index in [1.807, 2.05) is 0 Å². The van der Waals surface area contributed by atoms with Crippen LogP contribution < -0.4 is 10.6 Å². The van der Waals surface area contributed by atoms with E-state index in [4.69, 9.17) is 10.5 Å². The predicted octanol–water partition coefficient (Wildman–Crippen LogP) is 2.72. The number of hydrogen-bond acceptors (Lipinski definition) is 3. The molecule has 106 valence electrons. The fourth-order valence-electron chi connectivity index (χ4n) is 2.58. The molecule has 0 radical (unpaired) electrons. The summed E-state index contributed by atoms with van der Waals surface area (Å²) in [6.07, 6.45) is 5.07. The van der Waals surface area contributed by atoms with Crippen molar-refractivity contribution in [3.05, 3.63) is 29.8 Å². The number of hydrogen-bond donors (Lipinski definition) is 1. The van der Waals surface area contributed by atoms with Crippen LogP contribution in [0, 0.1) is 6.92 Å². The molecule has 0 saturated carbocycles. The van der Waals surface area contributed by atoms with E-state index in [0.717, 1.165) is 39.1 Å². The Hall–Kier alpha value is -1.06. The summed E-state index contributed by atoms with van der Waals surface area (Å²) in [5.41, 5.74) is 8.26. The third kappa shape index (κ3) is 4.51. The van der Waals surface area contributed by atoms with Gasteiger partial charge in [0.05, 0.1) is 6.10 Å². The molecule has 1 heterocycles. The van der Waals surface area contributed by atoms with Crippen molar-refractivity contribution < 1.29 is 4.74 Å². The van der Waals surface area contributed by atoms with Gasteiger partial charge in [0.1, 0.15) is 0 Å². The molecule has 0 amide bonds. The van der Waals surface area contributed by atoms with Gasteiger partial charge in [-0.1, -0.05) is 17.7 Å². The van der Waals surface area contributed by atoms with Crippen molar-refractivity contribution in [2.75, 3.05) is 31.1 Å². The molecule has 2 N–H and O–H groups in total. The molecule has 0 bridgehead atoms. The van der Waals surface area contributed by atoms with Crippen molar-refractivity contribution in [2.24, 2.45) is 5.73 Å².